The largest absolute Gasteiger partial charge is 0.315 e. The maximum atomic E-state index is 4.35. The molecule has 0 bridgehead atoms. The van der Waals surface area contributed by atoms with Crippen molar-refractivity contribution in [2.75, 3.05) is 20.1 Å². The van der Waals surface area contributed by atoms with Gasteiger partial charge in [0.15, 0.2) is 0 Å². The van der Waals surface area contributed by atoms with Crippen molar-refractivity contribution < 1.29 is 0 Å². The first-order valence-electron chi connectivity index (χ1n) is 5.67. The molecule has 0 spiro atoms. The van der Waals surface area contributed by atoms with Crippen molar-refractivity contribution in [2.24, 2.45) is 0 Å². The summed E-state index contributed by atoms with van der Waals surface area (Å²) in [6, 6.07) is 6.77. The smallest absolute Gasteiger partial charge is 0.0543 e. The molecule has 90 valence electrons. The first-order valence-corrected chi connectivity index (χ1v) is 5.67. The van der Waals surface area contributed by atoms with Crippen molar-refractivity contribution in [3.63, 3.8) is 0 Å². The Bertz CT molecular complexity index is 286. The van der Waals surface area contributed by atoms with Crippen LogP contribution in [0.15, 0.2) is 24.4 Å². The predicted octanol–water partition coefficient (Wildman–Crippen LogP) is 1.69. The molecule has 0 amide bonds. The van der Waals surface area contributed by atoms with Crippen molar-refractivity contribution in [3.05, 3.63) is 30.1 Å². The second-order valence-corrected chi connectivity index (χ2v) is 4.24. The molecule has 0 unspecified atom stereocenters. The van der Waals surface area contributed by atoms with Crippen LogP contribution in [0.2, 0.25) is 0 Å². The highest BCUT2D eigenvalue weighted by atomic mass is 35.5. The Morgan fingerprint density at radius 2 is 2.38 bits per heavy atom. The highest BCUT2D eigenvalue weighted by molar-refractivity contribution is 5.85. The fraction of sp³-hybridized carbons (Fsp3) is 0.583. The molecule has 1 aliphatic rings. The SMILES string of the molecule is CN(Cc1ccccn1)[C@H]1CCCNC1.Cl. The summed E-state index contributed by atoms with van der Waals surface area (Å²) in [7, 11) is 2.19. The van der Waals surface area contributed by atoms with Crippen LogP contribution in [0.25, 0.3) is 0 Å². The normalized spacial score (nSPS) is 20.5. The van der Waals surface area contributed by atoms with E-state index >= 15 is 0 Å². The van der Waals surface area contributed by atoms with Crippen LogP contribution in [0.1, 0.15) is 18.5 Å². The molecule has 2 rings (SSSR count). The minimum Gasteiger partial charge on any atom is -0.315 e. The molecule has 1 N–H and O–H groups in total. The summed E-state index contributed by atoms with van der Waals surface area (Å²) in [6.45, 7) is 3.24. The summed E-state index contributed by atoms with van der Waals surface area (Å²) in [5.74, 6) is 0. The third kappa shape index (κ3) is 3.74. The standard InChI is InChI=1S/C12H19N3.ClH/c1-15(12-6-4-7-13-9-12)10-11-5-2-3-8-14-11;/h2-3,5,8,12-13H,4,6-7,9-10H2,1H3;1H/t12-;/m0./s1. The van der Waals surface area contributed by atoms with Gasteiger partial charge in [0.2, 0.25) is 0 Å². The van der Waals surface area contributed by atoms with Gasteiger partial charge in [-0.25, -0.2) is 0 Å². The van der Waals surface area contributed by atoms with E-state index in [1.807, 2.05) is 12.3 Å². The number of likely N-dealkylation sites (N-methyl/N-ethyl adjacent to an activating group) is 1. The molecule has 1 saturated heterocycles. The zero-order valence-electron chi connectivity index (χ0n) is 9.72. The van der Waals surface area contributed by atoms with Crippen LogP contribution in [0.5, 0.6) is 0 Å². The minimum absolute atomic E-state index is 0. The number of halogens is 1. The summed E-state index contributed by atoms with van der Waals surface area (Å²) in [5.41, 5.74) is 1.16. The lowest BCUT2D eigenvalue weighted by Crippen LogP contribution is -2.43. The quantitative estimate of drug-likeness (QED) is 0.873. The van der Waals surface area contributed by atoms with Crippen LogP contribution < -0.4 is 5.32 Å². The maximum absolute atomic E-state index is 4.35. The summed E-state index contributed by atoms with van der Waals surface area (Å²) < 4.78 is 0. The first-order chi connectivity index (χ1) is 7.36. The third-order valence-electron chi connectivity index (χ3n) is 3.03. The Labute approximate surface area is 104 Å². The fourth-order valence-corrected chi connectivity index (χ4v) is 2.09. The lowest BCUT2D eigenvalue weighted by Gasteiger charge is -2.31. The van der Waals surface area contributed by atoms with Gasteiger partial charge >= 0.3 is 0 Å². The number of pyridine rings is 1. The van der Waals surface area contributed by atoms with Crippen LogP contribution in [0.4, 0.5) is 0 Å². The predicted molar refractivity (Wildman–Crippen MR) is 68.8 cm³/mol. The molecule has 4 heteroatoms. The molecule has 1 fully saturated rings. The molecule has 1 aliphatic heterocycles. The first kappa shape index (κ1) is 13.4. The van der Waals surface area contributed by atoms with Crippen molar-refractivity contribution >= 4 is 12.4 Å². The summed E-state index contributed by atoms with van der Waals surface area (Å²) in [4.78, 5) is 6.75. The summed E-state index contributed by atoms with van der Waals surface area (Å²) in [6.07, 6.45) is 4.45. The van der Waals surface area contributed by atoms with Crippen LogP contribution in [-0.4, -0.2) is 36.1 Å². The number of nitrogens with one attached hydrogen (secondary N) is 1. The molecule has 0 saturated carbocycles. The van der Waals surface area contributed by atoms with Gasteiger partial charge < -0.3 is 5.32 Å². The number of aromatic nitrogens is 1. The van der Waals surface area contributed by atoms with Gasteiger partial charge in [-0.15, -0.1) is 12.4 Å². The number of nitrogens with zero attached hydrogens (tertiary/aromatic N) is 2. The van der Waals surface area contributed by atoms with Gasteiger partial charge in [-0.3, -0.25) is 9.88 Å². The third-order valence-corrected chi connectivity index (χ3v) is 3.03. The molecule has 0 aromatic carbocycles. The number of rotatable bonds is 3. The topological polar surface area (TPSA) is 28.2 Å². The average molecular weight is 242 g/mol. The summed E-state index contributed by atoms with van der Waals surface area (Å²) in [5, 5.41) is 3.44. The zero-order valence-corrected chi connectivity index (χ0v) is 10.5. The Balaban J connectivity index is 0.00000128. The molecule has 0 radical (unpaired) electrons. The van der Waals surface area contributed by atoms with E-state index in [-0.39, 0.29) is 12.4 Å². The molecule has 1 aromatic rings. The van der Waals surface area contributed by atoms with E-state index < -0.39 is 0 Å². The highest BCUT2D eigenvalue weighted by Gasteiger charge is 2.17. The fourth-order valence-electron chi connectivity index (χ4n) is 2.09. The monoisotopic (exact) mass is 241 g/mol. The van der Waals surface area contributed by atoms with Gasteiger partial charge in [0, 0.05) is 25.3 Å². The van der Waals surface area contributed by atoms with Crippen molar-refractivity contribution in [1.82, 2.24) is 15.2 Å². The van der Waals surface area contributed by atoms with Gasteiger partial charge in [0.1, 0.15) is 0 Å². The molecule has 3 nitrogen and oxygen atoms in total. The van der Waals surface area contributed by atoms with E-state index in [1.165, 1.54) is 19.4 Å². The Morgan fingerprint density at radius 1 is 1.50 bits per heavy atom. The van der Waals surface area contributed by atoms with E-state index in [0.717, 1.165) is 18.8 Å². The van der Waals surface area contributed by atoms with Crippen molar-refractivity contribution in [1.29, 1.82) is 0 Å². The van der Waals surface area contributed by atoms with Crippen molar-refractivity contribution in [2.45, 2.75) is 25.4 Å². The van der Waals surface area contributed by atoms with E-state index in [0.29, 0.717) is 6.04 Å². The maximum Gasteiger partial charge on any atom is 0.0543 e. The molecule has 16 heavy (non-hydrogen) atoms. The molecule has 0 aliphatic carbocycles. The second kappa shape index (κ2) is 6.84. The van der Waals surface area contributed by atoms with E-state index in [4.69, 9.17) is 0 Å². The Morgan fingerprint density at radius 3 is 3.00 bits per heavy atom. The number of hydrogen-bond donors (Lipinski definition) is 1. The van der Waals surface area contributed by atoms with Crippen LogP contribution >= 0.6 is 12.4 Å². The molecule has 1 aromatic heterocycles. The van der Waals surface area contributed by atoms with Gasteiger partial charge in [-0.1, -0.05) is 6.07 Å². The van der Waals surface area contributed by atoms with Gasteiger partial charge in [0.05, 0.1) is 5.69 Å². The van der Waals surface area contributed by atoms with Gasteiger partial charge in [0.25, 0.3) is 0 Å². The van der Waals surface area contributed by atoms with Crippen LogP contribution in [0.3, 0.4) is 0 Å². The average Bonchev–Trinajstić information content (AvgIpc) is 2.31. The van der Waals surface area contributed by atoms with Crippen LogP contribution in [-0.2, 0) is 6.54 Å². The lowest BCUT2D eigenvalue weighted by molar-refractivity contribution is 0.194. The zero-order chi connectivity index (χ0) is 10.5. The second-order valence-electron chi connectivity index (χ2n) is 4.24. The highest BCUT2D eigenvalue weighted by Crippen LogP contribution is 2.10. The lowest BCUT2D eigenvalue weighted by atomic mass is 10.1. The van der Waals surface area contributed by atoms with Gasteiger partial charge in [-0.2, -0.15) is 0 Å². The van der Waals surface area contributed by atoms with Crippen molar-refractivity contribution in [3.8, 4) is 0 Å². The Hall–Kier alpha value is -0.640. The number of hydrogen-bond acceptors (Lipinski definition) is 3. The van der Waals surface area contributed by atoms with E-state index in [9.17, 15) is 0 Å². The van der Waals surface area contributed by atoms with Gasteiger partial charge in [-0.05, 0) is 38.6 Å². The molecule has 2 heterocycles. The molecular weight excluding hydrogens is 222 g/mol. The molecule has 1 atom stereocenters. The van der Waals surface area contributed by atoms with Crippen LogP contribution in [0, 0.1) is 0 Å². The van der Waals surface area contributed by atoms with E-state index in [2.05, 4.69) is 34.4 Å². The summed E-state index contributed by atoms with van der Waals surface area (Å²) >= 11 is 0. The van der Waals surface area contributed by atoms with E-state index in [1.54, 1.807) is 0 Å². The minimum atomic E-state index is 0. The molecular formula is C12H20ClN3. The Kier molecular flexibility index (Phi) is 5.74. The number of piperidine rings is 1.